The summed E-state index contributed by atoms with van der Waals surface area (Å²) in [5.41, 5.74) is 4.73. The van der Waals surface area contributed by atoms with Gasteiger partial charge in [-0.2, -0.15) is 0 Å². The summed E-state index contributed by atoms with van der Waals surface area (Å²) in [7, 11) is 3.96. The van der Waals surface area contributed by atoms with Gasteiger partial charge >= 0.3 is 0 Å². The van der Waals surface area contributed by atoms with Crippen LogP contribution in [0.15, 0.2) is 30.3 Å². The fraction of sp³-hybridized carbons (Fsp3) is 0.278. The Balaban J connectivity index is 2.05. The number of fused-ring (bicyclic) bond motifs is 1. The summed E-state index contributed by atoms with van der Waals surface area (Å²) in [5.74, 6) is 0.0365. The standard InChI is InChI=1S/C18H19N3O/c1-12-11-17(22)20-16-6-4-5-15(18(16)19-12)13-7-9-14(10-8-13)21(2)3/h4-7,9,12,19H,11H2,1-3H3,(H,20,22)/t12-/m1/s1. The molecule has 2 aromatic rings. The highest BCUT2D eigenvalue weighted by Gasteiger charge is 2.20. The third-order valence-corrected chi connectivity index (χ3v) is 3.73. The molecule has 0 aliphatic carbocycles. The first kappa shape index (κ1) is 14.3. The van der Waals surface area contributed by atoms with Crippen LogP contribution in [0.2, 0.25) is 0 Å². The number of carbonyl (C=O) groups is 1. The molecule has 22 heavy (non-hydrogen) atoms. The Morgan fingerprint density at radius 1 is 1.18 bits per heavy atom. The average Bonchev–Trinajstić information content (AvgIpc) is 2.63. The number of rotatable bonds is 2. The quantitative estimate of drug-likeness (QED) is 0.894. The highest BCUT2D eigenvalue weighted by atomic mass is 16.1. The molecule has 2 N–H and O–H groups in total. The topological polar surface area (TPSA) is 44.4 Å². The lowest BCUT2D eigenvalue weighted by atomic mass is 10.0. The fourth-order valence-electron chi connectivity index (χ4n) is 2.61. The van der Waals surface area contributed by atoms with E-state index in [9.17, 15) is 4.79 Å². The van der Waals surface area contributed by atoms with Gasteiger partial charge in [-0.3, -0.25) is 4.79 Å². The second-order valence-electron chi connectivity index (χ2n) is 5.80. The van der Waals surface area contributed by atoms with Gasteiger partial charge in [0, 0.05) is 37.7 Å². The van der Waals surface area contributed by atoms with Crippen molar-refractivity contribution in [2.75, 3.05) is 29.6 Å². The van der Waals surface area contributed by atoms with Crippen molar-refractivity contribution in [1.82, 2.24) is 0 Å². The highest BCUT2D eigenvalue weighted by Crippen LogP contribution is 2.36. The lowest BCUT2D eigenvalue weighted by molar-refractivity contribution is -0.116. The van der Waals surface area contributed by atoms with Crippen LogP contribution in [-0.4, -0.2) is 26.0 Å². The minimum absolute atomic E-state index is 0.0365. The maximum Gasteiger partial charge on any atom is 0.226 e. The predicted molar refractivity (Wildman–Crippen MR) is 90.2 cm³/mol. The summed E-state index contributed by atoms with van der Waals surface area (Å²) in [6.07, 6.45) is 0.462. The Labute approximate surface area is 131 Å². The van der Waals surface area contributed by atoms with Crippen LogP contribution in [0.25, 0.3) is 11.1 Å². The zero-order valence-electron chi connectivity index (χ0n) is 13.0. The molecule has 4 heteroatoms. The average molecular weight is 293 g/mol. The van der Waals surface area contributed by atoms with Crippen molar-refractivity contribution in [3.05, 3.63) is 42.5 Å². The molecule has 0 spiro atoms. The van der Waals surface area contributed by atoms with Crippen molar-refractivity contribution in [3.8, 4) is 11.1 Å². The molecule has 0 bridgehead atoms. The van der Waals surface area contributed by atoms with Gasteiger partial charge < -0.3 is 15.5 Å². The molecular weight excluding hydrogens is 274 g/mol. The Bertz CT molecular complexity index is 692. The van der Waals surface area contributed by atoms with E-state index in [1.807, 2.05) is 56.3 Å². The molecule has 1 heterocycles. The molecule has 2 aromatic carbocycles. The van der Waals surface area contributed by atoms with Gasteiger partial charge in [-0.15, -0.1) is 0 Å². The maximum atomic E-state index is 11.9. The first-order chi connectivity index (χ1) is 10.5. The smallest absolute Gasteiger partial charge is 0.226 e. The van der Waals surface area contributed by atoms with Crippen molar-refractivity contribution in [2.45, 2.75) is 19.4 Å². The third kappa shape index (κ3) is 2.71. The SMILES string of the molecule is C[C@@H]1CC(=O)Nc2cccc(-c3c#cc(N(C)C)cc3)c2N1. The number of carbonyl (C=O) groups excluding carboxylic acids is 1. The highest BCUT2D eigenvalue weighted by molar-refractivity contribution is 6.00. The normalized spacial score (nSPS) is 16.7. The van der Waals surface area contributed by atoms with E-state index in [1.165, 1.54) is 0 Å². The van der Waals surface area contributed by atoms with E-state index < -0.39 is 0 Å². The number of nitrogens with one attached hydrogen (secondary N) is 2. The van der Waals surface area contributed by atoms with E-state index in [4.69, 9.17) is 0 Å². The largest absolute Gasteiger partial charge is 0.380 e. The van der Waals surface area contributed by atoms with Gasteiger partial charge in [0.15, 0.2) is 0 Å². The van der Waals surface area contributed by atoms with Crippen molar-refractivity contribution in [2.24, 2.45) is 0 Å². The first-order valence-electron chi connectivity index (χ1n) is 7.35. The van der Waals surface area contributed by atoms with E-state index >= 15 is 0 Å². The zero-order chi connectivity index (χ0) is 15.7. The van der Waals surface area contributed by atoms with Crippen molar-refractivity contribution < 1.29 is 4.79 Å². The summed E-state index contributed by atoms with van der Waals surface area (Å²) in [6.45, 7) is 2.01. The van der Waals surface area contributed by atoms with Crippen LogP contribution in [0.3, 0.4) is 0 Å². The Morgan fingerprint density at radius 2 is 2.00 bits per heavy atom. The lowest BCUT2D eigenvalue weighted by Gasteiger charge is -2.16. The monoisotopic (exact) mass is 293 g/mol. The van der Waals surface area contributed by atoms with Gasteiger partial charge in [0.1, 0.15) is 0 Å². The molecule has 1 aliphatic rings. The molecule has 4 nitrogen and oxygen atoms in total. The number of nitrogens with zero attached hydrogens (tertiary/aromatic N) is 1. The van der Waals surface area contributed by atoms with Crippen molar-refractivity contribution >= 4 is 23.0 Å². The third-order valence-electron chi connectivity index (χ3n) is 3.73. The molecule has 1 amide bonds. The molecule has 1 atom stereocenters. The van der Waals surface area contributed by atoms with Gasteiger partial charge in [0.2, 0.25) is 5.91 Å². The minimum Gasteiger partial charge on any atom is -0.380 e. The summed E-state index contributed by atoms with van der Waals surface area (Å²) < 4.78 is 0. The van der Waals surface area contributed by atoms with E-state index in [1.54, 1.807) is 0 Å². The molecular formula is C18H19N3O. The molecule has 3 rings (SSSR count). The zero-order valence-corrected chi connectivity index (χ0v) is 13.0. The number of amides is 1. The van der Waals surface area contributed by atoms with E-state index in [0.29, 0.717) is 6.42 Å². The molecule has 112 valence electrons. The summed E-state index contributed by atoms with van der Waals surface area (Å²) >= 11 is 0. The Morgan fingerprint density at radius 3 is 2.68 bits per heavy atom. The number of hydrogen-bond donors (Lipinski definition) is 2. The van der Waals surface area contributed by atoms with E-state index in [2.05, 4.69) is 22.8 Å². The van der Waals surface area contributed by atoms with Crippen LogP contribution in [0.1, 0.15) is 13.3 Å². The number of para-hydroxylation sites is 1. The second kappa shape index (κ2) is 5.61. The molecule has 0 aromatic heterocycles. The van der Waals surface area contributed by atoms with Crippen molar-refractivity contribution in [3.63, 3.8) is 0 Å². The van der Waals surface area contributed by atoms with Gasteiger partial charge in [-0.25, -0.2) is 0 Å². The van der Waals surface area contributed by atoms with Crippen LogP contribution < -0.4 is 15.5 Å². The minimum atomic E-state index is 0.0365. The van der Waals surface area contributed by atoms with Crippen LogP contribution in [0, 0.1) is 12.1 Å². The van der Waals surface area contributed by atoms with Gasteiger partial charge in [0.05, 0.1) is 17.1 Å². The molecule has 1 aliphatic heterocycles. The fourth-order valence-corrected chi connectivity index (χ4v) is 2.61. The second-order valence-corrected chi connectivity index (χ2v) is 5.80. The van der Waals surface area contributed by atoms with E-state index in [-0.39, 0.29) is 11.9 Å². The van der Waals surface area contributed by atoms with Gasteiger partial charge in [0.25, 0.3) is 0 Å². The van der Waals surface area contributed by atoms with Gasteiger partial charge in [-0.05, 0) is 31.2 Å². The van der Waals surface area contributed by atoms with E-state index in [0.717, 1.165) is 28.2 Å². The van der Waals surface area contributed by atoms with Crippen LogP contribution in [-0.2, 0) is 4.79 Å². The van der Waals surface area contributed by atoms with Crippen LogP contribution in [0.5, 0.6) is 0 Å². The molecule has 0 saturated carbocycles. The summed E-state index contributed by atoms with van der Waals surface area (Å²) in [4.78, 5) is 13.8. The molecule has 0 saturated heterocycles. The number of anilines is 3. The summed E-state index contributed by atoms with van der Waals surface area (Å²) in [5, 5.41) is 6.39. The van der Waals surface area contributed by atoms with Crippen LogP contribution in [0.4, 0.5) is 17.1 Å². The number of benzene rings is 1. The first-order valence-corrected chi connectivity index (χ1v) is 7.35. The molecule has 0 radical (unpaired) electrons. The maximum absolute atomic E-state index is 11.9. The molecule has 0 fully saturated rings. The lowest BCUT2D eigenvalue weighted by Crippen LogP contribution is -2.19. The molecule has 0 unspecified atom stereocenters. The van der Waals surface area contributed by atoms with Crippen molar-refractivity contribution in [1.29, 1.82) is 0 Å². The predicted octanol–water partition coefficient (Wildman–Crippen LogP) is 3.16. The Kier molecular flexibility index (Phi) is 3.64. The number of hydrogen-bond acceptors (Lipinski definition) is 3. The summed E-state index contributed by atoms with van der Waals surface area (Å²) in [6, 6.07) is 16.4. The van der Waals surface area contributed by atoms with Crippen LogP contribution >= 0.6 is 0 Å². The Hall–Kier alpha value is -2.67. The van der Waals surface area contributed by atoms with Gasteiger partial charge in [-0.1, -0.05) is 18.2 Å².